The van der Waals surface area contributed by atoms with E-state index < -0.39 is 34.5 Å². The highest BCUT2D eigenvalue weighted by Gasteiger charge is 2.54. The second kappa shape index (κ2) is 5.06. The standard InChI is InChI=1S/C14H18N2O6/c1-13(8-16-4-3-10(17)15-12(16)19)7-9(11(18)22-13)14(2)20-5-6-21-14/h3-4,9H,5-8H2,1-2H3,(H,15,17,19)/t9-,13-/m1/s1. The number of aromatic nitrogens is 2. The number of H-pyrrole nitrogens is 1. The minimum atomic E-state index is -0.981. The van der Waals surface area contributed by atoms with Gasteiger partial charge in [-0.3, -0.25) is 19.1 Å². The molecular weight excluding hydrogens is 292 g/mol. The Balaban J connectivity index is 1.81. The lowest BCUT2D eigenvalue weighted by Crippen LogP contribution is -2.40. The Morgan fingerprint density at radius 3 is 2.59 bits per heavy atom. The van der Waals surface area contributed by atoms with Crippen molar-refractivity contribution < 1.29 is 19.0 Å². The van der Waals surface area contributed by atoms with Gasteiger partial charge in [0.1, 0.15) is 11.5 Å². The van der Waals surface area contributed by atoms with Crippen molar-refractivity contribution in [2.75, 3.05) is 13.2 Å². The monoisotopic (exact) mass is 310 g/mol. The van der Waals surface area contributed by atoms with Crippen molar-refractivity contribution in [1.29, 1.82) is 0 Å². The van der Waals surface area contributed by atoms with E-state index in [1.807, 2.05) is 0 Å². The molecule has 3 heterocycles. The predicted molar refractivity (Wildman–Crippen MR) is 74.2 cm³/mol. The van der Waals surface area contributed by atoms with Crippen LogP contribution >= 0.6 is 0 Å². The van der Waals surface area contributed by atoms with Gasteiger partial charge in [0.15, 0.2) is 5.79 Å². The van der Waals surface area contributed by atoms with Crippen LogP contribution in [0.15, 0.2) is 21.9 Å². The van der Waals surface area contributed by atoms with Crippen molar-refractivity contribution in [2.24, 2.45) is 5.92 Å². The third-order valence-corrected chi connectivity index (χ3v) is 4.16. The van der Waals surface area contributed by atoms with Gasteiger partial charge in [0, 0.05) is 18.7 Å². The SMILES string of the molecule is CC1([C@@H]2C[C@](C)(Cn3ccc(=O)[nH]c3=O)OC2=O)OCCO1. The van der Waals surface area contributed by atoms with Gasteiger partial charge in [-0.15, -0.1) is 0 Å². The molecule has 1 aromatic heterocycles. The number of carbonyl (C=O) groups is 1. The zero-order chi connectivity index (χ0) is 16.0. The van der Waals surface area contributed by atoms with E-state index in [-0.39, 0.29) is 6.54 Å². The van der Waals surface area contributed by atoms with Gasteiger partial charge in [-0.25, -0.2) is 4.79 Å². The zero-order valence-corrected chi connectivity index (χ0v) is 12.5. The van der Waals surface area contributed by atoms with Crippen molar-refractivity contribution in [3.8, 4) is 0 Å². The number of aromatic amines is 1. The first kappa shape index (κ1) is 15.0. The fraction of sp³-hybridized carbons (Fsp3) is 0.643. The first-order valence-corrected chi connectivity index (χ1v) is 7.12. The Hall–Kier alpha value is -1.93. The predicted octanol–water partition coefficient (Wildman–Crippen LogP) is -0.379. The summed E-state index contributed by atoms with van der Waals surface area (Å²) in [6, 6.07) is 1.25. The topological polar surface area (TPSA) is 99.6 Å². The zero-order valence-electron chi connectivity index (χ0n) is 12.5. The largest absolute Gasteiger partial charge is 0.457 e. The summed E-state index contributed by atoms with van der Waals surface area (Å²) in [6.07, 6.45) is 1.76. The first-order valence-electron chi connectivity index (χ1n) is 7.12. The number of nitrogens with one attached hydrogen (secondary N) is 1. The number of ether oxygens (including phenoxy) is 3. The number of rotatable bonds is 3. The molecular formula is C14H18N2O6. The van der Waals surface area contributed by atoms with Crippen molar-refractivity contribution in [1.82, 2.24) is 9.55 Å². The lowest BCUT2D eigenvalue weighted by Gasteiger charge is -2.27. The number of nitrogens with zero attached hydrogens (tertiary/aromatic N) is 1. The van der Waals surface area contributed by atoms with E-state index >= 15 is 0 Å². The molecule has 0 aliphatic carbocycles. The van der Waals surface area contributed by atoms with Crippen LogP contribution in [0.25, 0.3) is 0 Å². The molecule has 8 nitrogen and oxygen atoms in total. The highest BCUT2D eigenvalue weighted by molar-refractivity contribution is 5.76. The number of hydrogen-bond acceptors (Lipinski definition) is 6. The molecule has 0 amide bonds. The summed E-state index contributed by atoms with van der Waals surface area (Å²) < 4.78 is 17.9. The van der Waals surface area contributed by atoms with Crippen LogP contribution in [0.2, 0.25) is 0 Å². The van der Waals surface area contributed by atoms with E-state index in [1.54, 1.807) is 13.8 Å². The highest BCUT2D eigenvalue weighted by atomic mass is 16.7. The maximum absolute atomic E-state index is 12.2. The normalized spacial score (nSPS) is 30.5. The Morgan fingerprint density at radius 2 is 1.95 bits per heavy atom. The molecule has 0 spiro atoms. The molecule has 0 radical (unpaired) electrons. The van der Waals surface area contributed by atoms with Crippen LogP contribution in [0.1, 0.15) is 20.3 Å². The fourth-order valence-corrected chi connectivity index (χ4v) is 3.03. The maximum atomic E-state index is 12.2. The van der Waals surface area contributed by atoms with Gasteiger partial charge in [0.05, 0.1) is 19.8 Å². The van der Waals surface area contributed by atoms with Crippen LogP contribution < -0.4 is 11.2 Å². The van der Waals surface area contributed by atoms with E-state index in [1.165, 1.54) is 16.8 Å². The molecule has 2 saturated heterocycles. The summed E-state index contributed by atoms with van der Waals surface area (Å²) in [7, 11) is 0. The van der Waals surface area contributed by atoms with Crippen LogP contribution in [0.5, 0.6) is 0 Å². The summed E-state index contributed by atoms with van der Waals surface area (Å²) in [5.41, 5.74) is -1.86. The maximum Gasteiger partial charge on any atom is 0.328 e. The average molecular weight is 310 g/mol. The van der Waals surface area contributed by atoms with Gasteiger partial charge >= 0.3 is 11.7 Å². The summed E-state index contributed by atoms with van der Waals surface area (Å²) in [6.45, 7) is 4.51. The van der Waals surface area contributed by atoms with Crippen molar-refractivity contribution >= 4 is 5.97 Å². The number of hydrogen-bond donors (Lipinski definition) is 1. The van der Waals surface area contributed by atoms with Crippen molar-refractivity contribution in [3.05, 3.63) is 33.1 Å². The molecule has 2 aliphatic rings. The van der Waals surface area contributed by atoms with Crippen LogP contribution in [0, 0.1) is 5.92 Å². The Labute approximate surface area is 126 Å². The van der Waals surface area contributed by atoms with Gasteiger partial charge in [0.25, 0.3) is 5.56 Å². The molecule has 2 aliphatic heterocycles. The summed E-state index contributed by atoms with van der Waals surface area (Å²) in [5, 5.41) is 0. The second-order valence-corrected chi connectivity index (χ2v) is 6.08. The van der Waals surface area contributed by atoms with Gasteiger partial charge in [-0.05, 0) is 13.8 Å². The molecule has 0 aromatic carbocycles. The second-order valence-electron chi connectivity index (χ2n) is 6.08. The van der Waals surface area contributed by atoms with Gasteiger partial charge in [-0.1, -0.05) is 0 Å². The fourth-order valence-electron chi connectivity index (χ4n) is 3.03. The smallest absolute Gasteiger partial charge is 0.328 e. The minimum Gasteiger partial charge on any atom is -0.457 e. The number of carbonyl (C=O) groups excluding carboxylic acids is 1. The van der Waals surface area contributed by atoms with Gasteiger partial charge in [-0.2, -0.15) is 0 Å². The lowest BCUT2D eigenvalue weighted by atomic mass is 9.90. The van der Waals surface area contributed by atoms with Gasteiger partial charge < -0.3 is 14.2 Å². The average Bonchev–Trinajstić information content (AvgIpc) is 2.99. The molecule has 1 aromatic rings. The minimum absolute atomic E-state index is 0.154. The van der Waals surface area contributed by atoms with Crippen LogP contribution in [0.3, 0.4) is 0 Å². The molecule has 0 unspecified atom stereocenters. The van der Waals surface area contributed by atoms with Crippen molar-refractivity contribution in [2.45, 2.75) is 38.2 Å². The summed E-state index contributed by atoms with van der Waals surface area (Å²) in [5.74, 6) is -1.92. The molecule has 2 atom stereocenters. The van der Waals surface area contributed by atoms with Gasteiger partial charge in [0.2, 0.25) is 0 Å². The van der Waals surface area contributed by atoms with Crippen molar-refractivity contribution in [3.63, 3.8) is 0 Å². The Morgan fingerprint density at radius 1 is 1.27 bits per heavy atom. The quantitative estimate of drug-likeness (QED) is 0.764. The molecule has 22 heavy (non-hydrogen) atoms. The highest BCUT2D eigenvalue weighted by Crippen LogP contribution is 2.41. The van der Waals surface area contributed by atoms with E-state index in [2.05, 4.69) is 4.98 Å². The first-order chi connectivity index (χ1) is 10.3. The lowest BCUT2D eigenvalue weighted by molar-refractivity contribution is -0.189. The Kier molecular flexibility index (Phi) is 3.45. The van der Waals surface area contributed by atoms with E-state index in [0.29, 0.717) is 19.6 Å². The summed E-state index contributed by atoms with van der Waals surface area (Å²) in [4.78, 5) is 37.2. The third-order valence-electron chi connectivity index (χ3n) is 4.16. The molecule has 1 N–H and O–H groups in total. The molecule has 120 valence electrons. The molecule has 0 saturated carbocycles. The number of esters is 1. The molecule has 2 fully saturated rings. The number of cyclic esters (lactones) is 1. The van der Waals surface area contributed by atoms with Crippen LogP contribution in [0.4, 0.5) is 0 Å². The van der Waals surface area contributed by atoms with E-state index in [4.69, 9.17) is 14.2 Å². The van der Waals surface area contributed by atoms with E-state index in [0.717, 1.165) is 0 Å². The summed E-state index contributed by atoms with van der Waals surface area (Å²) >= 11 is 0. The Bertz CT molecular complexity index is 702. The van der Waals surface area contributed by atoms with Crippen LogP contribution in [-0.4, -0.2) is 40.1 Å². The third kappa shape index (κ3) is 2.59. The molecule has 3 rings (SSSR count). The molecule has 8 heteroatoms. The van der Waals surface area contributed by atoms with Crippen LogP contribution in [-0.2, 0) is 25.5 Å². The van der Waals surface area contributed by atoms with E-state index in [9.17, 15) is 14.4 Å². The molecule has 0 bridgehead atoms.